The molecule has 0 heterocycles. The summed E-state index contributed by atoms with van der Waals surface area (Å²) in [7, 11) is 1.50. The molecular formula is C86H159NO8P+. The third-order valence-corrected chi connectivity index (χ3v) is 19.4. The van der Waals surface area contributed by atoms with E-state index in [-0.39, 0.29) is 25.6 Å². The number of rotatable bonds is 77. The molecule has 0 aromatic heterocycles. The Morgan fingerprint density at radius 3 is 0.896 bits per heavy atom. The highest BCUT2D eigenvalue weighted by molar-refractivity contribution is 7.47. The summed E-state index contributed by atoms with van der Waals surface area (Å²) in [6.07, 6.45) is 106. The number of likely N-dealkylation sites (N-methyl/N-ethyl adjacent to an activating group) is 1. The lowest BCUT2D eigenvalue weighted by molar-refractivity contribution is -0.870. The monoisotopic (exact) mass is 1370 g/mol. The molecule has 2 atom stereocenters. The number of phosphoric ester groups is 1. The Morgan fingerprint density at radius 2 is 0.594 bits per heavy atom. The van der Waals surface area contributed by atoms with Crippen molar-refractivity contribution in [1.29, 1.82) is 0 Å². The van der Waals surface area contributed by atoms with Crippen LogP contribution in [0.3, 0.4) is 0 Å². The molecule has 0 bridgehead atoms. The average molecular weight is 1370 g/mol. The average Bonchev–Trinajstić information content (AvgIpc) is 2.54. The summed E-state index contributed by atoms with van der Waals surface area (Å²) < 4.78 is 34.9. The van der Waals surface area contributed by atoms with Crippen LogP contribution in [0.25, 0.3) is 0 Å². The van der Waals surface area contributed by atoms with Gasteiger partial charge >= 0.3 is 19.8 Å². The number of ether oxygens (including phenoxy) is 2. The van der Waals surface area contributed by atoms with Crippen molar-refractivity contribution in [2.75, 3.05) is 47.5 Å². The Balaban J connectivity index is 3.90. The van der Waals surface area contributed by atoms with E-state index in [0.29, 0.717) is 23.9 Å². The fraction of sp³-hybridized carbons (Fsp3) is 0.814. The molecule has 1 N–H and O–H groups in total. The van der Waals surface area contributed by atoms with E-state index in [1.54, 1.807) is 0 Å². The smallest absolute Gasteiger partial charge is 0.462 e. The number of phosphoric acid groups is 1. The first-order valence-electron chi connectivity index (χ1n) is 41.3. The van der Waals surface area contributed by atoms with Crippen LogP contribution in [0.4, 0.5) is 0 Å². The van der Waals surface area contributed by atoms with Crippen LogP contribution in [0.2, 0.25) is 0 Å². The first-order valence-corrected chi connectivity index (χ1v) is 42.8. The highest BCUT2D eigenvalue weighted by Crippen LogP contribution is 2.43. The lowest BCUT2D eigenvalue weighted by atomic mass is 10.0. The molecule has 96 heavy (non-hydrogen) atoms. The van der Waals surface area contributed by atoms with Gasteiger partial charge in [0.1, 0.15) is 19.8 Å². The highest BCUT2D eigenvalue weighted by Gasteiger charge is 2.27. The minimum Gasteiger partial charge on any atom is -0.462 e. The second-order valence-corrected chi connectivity index (χ2v) is 30.6. The lowest BCUT2D eigenvalue weighted by Crippen LogP contribution is -2.37. The van der Waals surface area contributed by atoms with Crippen molar-refractivity contribution in [1.82, 2.24) is 0 Å². The number of unbranched alkanes of at least 4 members (excludes halogenated alkanes) is 49. The molecule has 0 amide bonds. The standard InChI is InChI=1S/C86H158NO8P/c1-6-8-10-12-14-16-18-20-22-24-26-28-30-32-34-36-38-39-40-41-42-43-44-45-46-47-49-51-53-55-57-59-61-63-65-67-69-71-73-75-77-79-86(89)95-84(83-94-96(90,91)93-81-80-87(3,4)5)82-92-85(88)78-76-74-72-70-68-66-64-62-60-58-56-54-52-50-48-37-35-33-31-29-27-25-23-21-19-17-15-13-11-9-7-2/h8,10,14,16,20,22,25-28,32,34,38-39,84H,6-7,9,11-13,15,17-19,21,23-24,29-31,33,35-37,40-83H2,1-5H3/p+1/b10-8-,16-14-,22-20-,27-25-,28-26-,34-32-,39-38-. The second-order valence-electron chi connectivity index (χ2n) is 29.1. The molecule has 0 aliphatic rings. The van der Waals surface area contributed by atoms with Crippen molar-refractivity contribution in [2.45, 2.75) is 405 Å². The van der Waals surface area contributed by atoms with E-state index in [4.69, 9.17) is 18.5 Å². The quantitative estimate of drug-likeness (QED) is 0.0211. The van der Waals surface area contributed by atoms with E-state index in [9.17, 15) is 19.0 Å². The van der Waals surface area contributed by atoms with Gasteiger partial charge < -0.3 is 18.9 Å². The first kappa shape index (κ1) is 93.2. The Bertz CT molecular complexity index is 1900. The van der Waals surface area contributed by atoms with E-state index < -0.39 is 26.5 Å². The largest absolute Gasteiger partial charge is 0.472 e. The molecule has 0 aromatic rings. The normalized spacial score (nSPS) is 13.4. The van der Waals surface area contributed by atoms with Crippen molar-refractivity contribution in [3.05, 3.63) is 85.1 Å². The fourth-order valence-electron chi connectivity index (χ4n) is 12.1. The van der Waals surface area contributed by atoms with Gasteiger partial charge in [0.2, 0.25) is 0 Å². The molecule has 0 spiro atoms. The predicted molar refractivity (Wildman–Crippen MR) is 418 cm³/mol. The molecule has 0 fully saturated rings. The van der Waals surface area contributed by atoms with Crippen molar-refractivity contribution in [2.24, 2.45) is 0 Å². The van der Waals surface area contributed by atoms with E-state index in [1.807, 2.05) is 21.1 Å². The maximum Gasteiger partial charge on any atom is 0.472 e. The molecule has 0 aromatic carbocycles. The van der Waals surface area contributed by atoms with Gasteiger partial charge in [-0.15, -0.1) is 0 Å². The number of nitrogens with zero attached hydrogens (tertiary/aromatic N) is 1. The molecule has 0 saturated carbocycles. The zero-order chi connectivity index (χ0) is 69.7. The van der Waals surface area contributed by atoms with Gasteiger partial charge in [0, 0.05) is 12.8 Å². The zero-order valence-electron chi connectivity index (χ0n) is 64.1. The molecule has 2 unspecified atom stereocenters. The van der Waals surface area contributed by atoms with Crippen molar-refractivity contribution >= 4 is 19.8 Å². The summed E-state index contributed by atoms with van der Waals surface area (Å²) in [6.45, 7) is 4.38. The summed E-state index contributed by atoms with van der Waals surface area (Å²) in [5.74, 6) is -0.775. The lowest BCUT2D eigenvalue weighted by Gasteiger charge is -2.24. The van der Waals surface area contributed by atoms with Crippen LogP contribution in [0.1, 0.15) is 399 Å². The number of allylic oxidation sites excluding steroid dienone is 14. The number of hydrogen-bond acceptors (Lipinski definition) is 7. The highest BCUT2D eigenvalue weighted by atomic mass is 31.2. The predicted octanol–water partition coefficient (Wildman–Crippen LogP) is 27.6. The molecule has 0 saturated heterocycles. The Kier molecular flexibility index (Phi) is 74.1. The van der Waals surface area contributed by atoms with Crippen LogP contribution < -0.4 is 0 Å². The van der Waals surface area contributed by atoms with E-state index >= 15 is 0 Å². The molecule has 0 aliphatic heterocycles. The molecule has 0 rings (SSSR count). The number of quaternary nitrogens is 1. The maximum atomic E-state index is 12.9. The Morgan fingerprint density at radius 1 is 0.333 bits per heavy atom. The number of carbonyl (C=O) groups is 2. The van der Waals surface area contributed by atoms with Gasteiger partial charge in [0.05, 0.1) is 27.7 Å². The first-order chi connectivity index (χ1) is 47.0. The molecule has 10 heteroatoms. The topological polar surface area (TPSA) is 108 Å². The van der Waals surface area contributed by atoms with Gasteiger partial charge in [-0.1, -0.05) is 381 Å². The zero-order valence-corrected chi connectivity index (χ0v) is 65.0. The molecule has 0 aliphatic carbocycles. The third kappa shape index (κ3) is 80.2. The second kappa shape index (κ2) is 76.4. The van der Waals surface area contributed by atoms with Gasteiger partial charge in [-0.2, -0.15) is 0 Å². The Labute approximate surface area is 596 Å². The summed E-state index contributed by atoms with van der Waals surface area (Å²) in [6, 6.07) is 0. The third-order valence-electron chi connectivity index (χ3n) is 18.4. The van der Waals surface area contributed by atoms with Crippen LogP contribution in [0.15, 0.2) is 85.1 Å². The van der Waals surface area contributed by atoms with Crippen LogP contribution in [-0.4, -0.2) is 74.9 Å². The van der Waals surface area contributed by atoms with Crippen LogP contribution >= 0.6 is 7.82 Å². The summed E-state index contributed by atoms with van der Waals surface area (Å²) in [5.41, 5.74) is 0. The van der Waals surface area contributed by atoms with Crippen molar-refractivity contribution < 1.29 is 42.1 Å². The molecule has 0 radical (unpaired) electrons. The van der Waals surface area contributed by atoms with Gasteiger partial charge in [-0.3, -0.25) is 18.6 Å². The van der Waals surface area contributed by atoms with E-state index in [2.05, 4.69) is 98.9 Å². The fourth-order valence-corrected chi connectivity index (χ4v) is 12.9. The molecule has 9 nitrogen and oxygen atoms in total. The molecular weight excluding hydrogens is 1210 g/mol. The van der Waals surface area contributed by atoms with Gasteiger partial charge in [-0.05, 0) is 89.9 Å². The van der Waals surface area contributed by atoms with Crippen LogP contribution in [0.5, 0.6) is 0 Å². The summed E-state index contributed by atoms with van der Waals surface area (Å²) in [5, 5.41) is 0. The number of esters is 2. The van der Waals surface area contributed by atoms with Gasteiger partial charge in [0.25, 0.3) is 0 Å². The van der Waals surface area contributed by atoms with Crippen LogP contribution in [0, 0.1) is 0 Å². The SMILES string of the molecule is CC/C=C\C/C=C\C/C=C\C/C=C\C/C=C\C/C=C\CCCCCCCCCCCCCCCCCCCCCCCCC(=O)OC(COC(=O)CCCCCCCCCCCCCCCCCCCCC/C=C\CCCCCCCCCC)COP(=O)(O)OCC[N+](C)(C)C. The summed E-state index contributed by atoms with van der Waals surface area (Å²) >= 11 is 0. The minimum atomic E-state index is -4.40. The number of hydrogen-bond donors (Lipinski definition) is 1. The van der Waals surface area contributed by atoms with Crippen LogP contribution in [-0.2, 0) is 32.7 Å². The van der Waals surface area contributed by atoms with Gasteiger partial charge in [0.15, 0.2) is 6.10 Å². The summed E-state index contributed by atoms with van der Waals surface area (Å²) in [4.78, 5) is 36.0. The van der Waals surface area contributed by atoms with E-state index in [0.717, 1.165) is 70.6 Å². The van der Waals surface area contributed by atoms with E-state index in [1.165, 1.54) is 295 Å². The Hall–Kier alpha value is -2.81. The minimum absolute atomic E-state index is 0.0332. The maximum absolute atomic E-state index is 12.9. The van der Waals surface area contributed by atoms with Crippen molar-refractivity contribution in [3.8, 4) is 0 Å². The van der Waals surface area contributed by atoms with Crippen molar-refractivity contribution in [3.63, 3.8) is 0 Å². The molecule has 560 valence electrons. The number of carbonyl (C=O) groups excluding carboxylic acids is 2. The van der Waals surface area contributed by atoms with Gasteiger partial charge in [-0.25, -0.2) is 4.57 Å².